The number of nitrogens with zero attached hydrogens (tertiary/aromatic N) is 2. The van der Waals surface area contributed by atoms with E-state index < -0.39 is 0 Å². The number of likely N-dealkylation sites (N-methyl/N-ethyl adjacent to an activating group) is 1. The molecule has 0 atom stereocenters. The van der Waals surface area contributed by atoms with E-state index in [4.69, 9.17) is 0 Å². The average molecular weight is 449 g/mol. The molecule has 0 amide bonds. The Morgan fingerprint density at radius 3 is 2.80 bits per heavy atom. The van der Waals surface area contributed by atoms with Crippen molar-refractivity contribution in [2.75, 3.05) is 43.3 Å². The zero-order chi connectivity index (χ0) is 17.9. The quantitative estimate of drug-likeness (QED) is 0.292. The largest absolute Gasteiger partial charge is 0.384 e. The molecule has 0 spiro atoms. The molecule has 0 radical (unpaired) electrons. The number of halogens is 2. The summed E-state index contributed by atoms with van der Waals surface area (Å²) in [5, 5.41) is 10.4. The molecule has 0 saturated heterocycles. The topological polar surface area (TPSA) is 73.9 Å². The SMILES string of the molecule is CNCCNCCCCNc1cc(F)c(SNc2ncns2)cc1Br. The predicted molar refractivity (Wildman–Crippen MR) is 108 cm³/mol. The van der Waals surface area contributed by atoms with Gasteiger partial charge < -0.3 is 20.7 Å². The van der Waals surface area contributed by atoms with E-state index in [0.29, 0.717) is 10.0 Å². The van der Waals surface area contributed by atoms with Crippen LogP contribution in [0.4, 0.5) is 15.2 Å². The third-order valence-electron chi connectivity index (χ3n) is 3.28. The molecule has 4 N–H and O–H groups in total. The number of unbranched alkanes of at least 4 members (excludes halogenated alkanes) is 1. The summed E-state index contributed by atoms with van der Waals surface area (Å²) in [7, 11) is 1.94. The minimum absolute atomic E-state index is 0.276. The van der Waals surface area contributed by atoms with E-state index >= 15 is 0 Å². The van der Waals surface area contributed by atoms with Crippen LogP contribution in [0.25, 0.3) is 0 Å². The number of hydrogen-bond acceptors (Lipinski definition) is 8. The van der Waals surface area contributed by atoms with E-state index in [0.717, 1.165) is 49.2 Å². The third kappa shape index (κ3) is 7.45. The number of anilines is 2. The van der Waals surface area contributed by atoms with Crippen LogP contribution in [0.15, 0.2) is 27.8 Å². The van der Waals surface area contributed by atoms with Gasteiger partial charge in [-0.2, -0.15) is 4.37 Å². The number of benzene rings is 1. The van der Waals surface area contributed by atoms with Crippen LogP contribution in [-0.2, 0) is 0 Å². The van der Waals surface area contributed by atoms with Gasteiger partial charge in [0.1, 0.15) is 12.1 Å². The molecule has 138 valence electrons. The lowest BCUT2D eigenvalue weighted by Crippen LogP contribution is -2.25. The molecule has 25 heavy (non-hydrogen) atoms. The summed E-state index contributed by atoms with van der Waals surface area (Å²) in [5.41, 5.74) is 0.765. The third-order valence-corrected chi connectivity index (χ3v) is 5.47. The Kier molecular flexibility index (Phi) is 9.48. The first-order valence-corrected chi connectivity index (χ1v) is 10.4. The lowest BCUT2D eigenvalue weighted by atomic mass is 10.2. The zero-order valence-corrected chi connectivity index (χ0v) is 17.2. The van der Waals surface area contributed by atoms with Gasteiger partial charge in [-0.05, 0) is 66.4 Å². The highest BCUT2D eigenvalue weighted by molar-refractivity contribution is 9.10. The Morgan fingerprint density at radius 2 is 2.04 bits per heavy atom. The van der Waals surface area contributed by atoms with Crippen LogP contribution < -0.4 is 20.7 Å². The van der Waals surface area contributed by atoms with Crippen molar-refractivity contribution < 1.29 is 4.39 Å². The summed E-state index contributed by atoms with van der Waals surface area (Å²) < 4.78 is 21.9. The fraction of sp³-hybridized carbons (Fsp3) is 0.467. The highest BCUT2D eigenvalue weighted by Crippen LogP contribution is 2.32. The molecule has 0 saturated carbocycles. The molecule has 0 fully saturated rings. The second-order valence-corrected chi connectivity index (χ2v) is 7.68. The molecule has 1 heterocycles. The standard InChI is InChI=1S/C15H22BrFN6S2/c1-18-6-7-19-4-2-3-5-20-13-9-12(17)14(8-11(13)16)24-23-15-21-10-22-25-15/h8-10,18-20H,2-7H2,1H3,(H,21,22,23). The normalized spacial score (nSPS) is 10.8. The fourth-order valence-corrected chi connectivity index (χ4v) is 3.78. The molecule has 2 rings (SSSR count). The van der Waals surface area contributed by atoms with Crippen LogP contribution in [0.2, 0.25) is 0 Å². The Bertz CT molecular complexity index is 629. The summed E-state index contributed by atoms with van der Waals surface area (Å²) >= 11 is 5.91. The van der Waals surface area contributed by atoms with Crippen LogP contribution in [-0.4, -0.2) is 42.6 Å². The second-order valence-electron chi connectivity index (χ2n) is 5.20. The molecule has 0 aliphatic rings. The maximum atomic E-state index is 14.2. The van der Waals surface area contributed by atoms with Crippen molar-refractivity contribution in [1.82, 2.24) is 20.0 Å². The first-order valence-electron chi connectivity index (χ1n) is 7.98. The van der Waals surface area contributed by atoms with E-state index in [-0.39, 0.29) is 5.82 Å². The lowest BCUT2D eigenvalue weighted by molar-refractivity contribution is 0.601. The number of hydrogen-bond donors (Lipinski definition) is 4. The summed E-state index contributed by atoms with van der Waals surface area (Å²) in [6.45, 7) is 3.75. The summed E-state index contributed by atoms with van der Waals surface area (Å²) in [6, 6.07) is 3.27. The lowest BCUT2D eigenvalue weighted by Gasteiger charge is -2.11. The monoisotopic (exact) mass is 448 g/mol. The van der Waals surface area contributed by atoms with Crippen LogP contribution >= 0.6 is 39.4 Å². The van der Waals surface area contributed by atoms with Crippen molar-refractivity contribution in [3.05, 3.63) is 28.7 Å². The molecular weight excluding hydrogens is 427 g/mol. The fourth-order valence-electron chi connectivity index (χ4n) is 2.00. The molecule has 10 heteroatoms. The Balaban J connectivity index is 1.73. The van der Waals surface area contributed by atoms with Gasteiger partial charge in [0.2, 0.25) is 5.13 Å². The zero-order valence-electron chi connectivity index (χ0n) is 13.9. The molecular formula is C15H22BrFN6S2. The van der Waals surface area contributed by atoms with Crippen LogP contribution in [0.5, 0.6) is 0 Å². The molecule has 1 aromatic carbocycles. The molecule has 0 aliphatic heterocycles. The Labute approximate surface area is 164 Å². The second kappa shape index (κ2) is 11.6. The van der Waals surface area contributed by atoms with E-state index in [1.54, 1.807) is 6.07 Å². The van der Waals surface area contributed by atoms with Crippen molar-refractivity contribution in [1.29, 1.82) is 0 Å². The van der Waals surface area contributed by atoms with Crippen molar-refractivity contribution in [2.45, 2.75) is 17.7 Å². The summed E-state index contributed by atoms with van der Waals surface area (Å²) in [4.78, 5) is 4.50. The maximum absolute atomic E-state index is 14.2. The van der Waals surface area contributed by atoms with Gasteiger partial charge in [0.15, 0.2) is 0 Å². The average Bonchev–Trinajstić information content (AvgIpc) is 3.12. The number of rotatable bonds is 12. The molecule has 1 aromatic heterocycles. The molecule has 6 nitrogen and oxygen atoms in total. The van der Waals surface area contributed by atoms with Crippen molar-refractivity contribution in [3.63, 3.8) is 0 Å². The number of nitrogens with one attached hydrogen (secondary N) is 4. The first kappa shape index (κ1) is 20.4. The van der Waals surface area contributed by atoms with Crippen LogP contribution in [0.1, 0.15) is 12.8 Å². The van der Waals surface area contributed by atoms with E-state index in [1.807, 2.05) is 7.05 Å². The number of aromatic nitrogens is 2. The Morgan fingerprint density at radius 1 is 1.20 bits per heavy atom. The van der Waals surface area contributed by atoms with Gasteiger partial charge in [0, 0.05) is 35.6 Å². The molecule has 0 aliphatic carbocycles. The Hall–Kier alpha value is -0.940. The van der Waals surface area contributed by atoms with Gasteiger partial charge in [-0.3, -0.25) is 0 Å². The van der Waals surface area contributed by atoms with Crippen LogP contribution in [0, 0.1) is 5.82 Å². The van der Waals surface area contributed by atoms with E-state index in [1.165, 1.54) is 35.9 Å². The first-order chi connectivity index (χ1) is 12.2. The van der Waals surface area contributed by atoms with Crippen molar-refractivity contribution in [3.8, 4) is 0 Å². The minimum Gasteiger partial charge on any atom is -0.384 e. The predicted octanol–water partition coefficient (Wildman–Crippen LogP) is 3.56. The summed E-state index contributed by atoms with van der Waals surface area (Å²) in [5.74, 6) is -0.276. The van der Waals surface area contributed by atoms with Gasteiger partial charge in [-0.15, -0.1) is 0 Å². The van der Waals surface area contributed by atoms with E-state index in [9.17, 15) is 4.39 Å². The van der Waals surface area contributed by atoms with Gasteiger partial charge >= 0.3 is 0 Å². The molecule has 0 bridgehead atoms. The minimum atomic E-state index is -0.276. The molecule has 2 aromatic rings. The molecule has 0 unspecified atom stereocenters. The van der Waals surface area contributed by atoms with Gasteiger partial charge in [-0.25, -0.2) is 9.37 Å². The smallest absolute Gasteiger partial charge is 0.212 e. The highest BCUT2D eigenvalue weighted by atomic mass is 79.9. The van der Waals surface area contributed by atoms with E-state index in [2.05, 4.69) is 46.0 Å². The van der Waals surface area contributed by atoms with Crippen molar-refractivity contribution in [2.24, 2.45) is 0 Å². The highest BCUT2D eigenvalue weighted by Gasteiger charge is 2.10. The van der Waals surface area contributed by atoms with Gasteiger partial charge in [-0.1, -0.05) is 0 Å². The summed E-state index contributed by atoms with van der Waals surface area (Å²) in [6.07, 6.45) is 3.56. The van der Waals surface area contributed by atoms with Crippen molar-refractivity contribution >= 4 is 50.2 Å². The van der Waals surface area contributed by atoms with Gasteiger partial charge in [0.05, 0.1) is 10.6 Å². The maximum Gasteiger partial charge on any atom is 0.212 e. The van der Waals surface area contributed by atoms with Gasteiger partial charge in [0.25, 0.3) is 0 Å². The van der Waals surface area contributed by atoms with Crippen LogP contribution in [0.3, 0.4) is 0 Å².